The van der Waals surface area contributed by atoms with Gasteiger partial charge in [-0.25, -0.2) is 0 Å². The molecule has 0 aliphatic rings. The van der Waals surface area contributed by atoms with Crippen molar-refractivity contribution in [3.8, 4) is 28.4 Å². The van der Waals surface area contributed by atoms with Crippen LogP contribution in [0.2, 0.25) is 0 Å². The van der Waals surface area contributed by atoms with Crippen molar-refractivity contribution in [3.05, 3.63) is 72.8 Å². The van der Waals surface area contributed by atoms with Crippen LogP contribution < -0.4 is 19.3 Å². The first kappa shape index (κ1) is 20.2. The van der Waals surface area contributed by atoms with E-state index in [1.807, 2.05) is 54.6 Å². The standard InChI is InChI=1S/C24H27O3P/c1-24(2,3)28(27-18-12-7-6-8-13-18)22-17-10-9-14-19(22)23-20(25-4)15-11-16-21(23)26-5/h6-17H,1-5H3. The predicted molar refractivity (Wildman–Crippen MR) is 118 cm³/mol. The molecule has 0 N–H and O–H groups in total. The van der Waals surface area contributed by atoms with Gasteiger partial charge < -0.3 is 14.0 Å². The van der Waals surface area contributed by atoms with Crippen LogP contribution in [0.5, 0.6) is 17.2 Å². The Balaban J connectivity index is 2.18. The van der Waals surface area contributed by atoms with Crippen molar-refractivity contribution in [1.29, 1.82) is 0 Å². The molecule has 0 radical (unpaired) electrons. The molecule has 0 bridgehead atoms. The SMILES string of the molecule is COc1cccc(OC)c1-c1ccccc1P(Oc1ccccc1)C(C)(C)C. The Bertz CT molecular complexity index is 894. The molecule has 1 atom stereocenters. The van der Waals surface area contributed by atoms with E-state index in [4.69, 9.17) is 14.0 Å². The first-order chi connectivity index (χ1) is 13.5. The summed E-state index contributed by atoms with van der Waals surface area (Å²) in [6.45, 7) is 6.66. The molecule has 0 spiro atoms. The van der Waals surface area contributed by atoms with E-state index in [1.54, 1.807) is 14.2 Å². The monoisotopic (exact) mass is 394 g/mol. The van der Waals surface area contributed by atoms with E-state index in [0.717, 1.165) is 33.7 Å². The Morgan fingerprint density at radius 1 is 0.679 bits per heavy atom. The lowest BCUT2D eigenvalue weighted by molar-refractivity contribution is 0.397. The molecule has 0 amide bonds. The minimum absolute atomic E-state index is 0.0590. The fraction of sp³-hybridized carbons (Fsp3) is 0.250. The van der Waals surface area contributed by atoms with Crippen LogP contribution in [0.4, 0.5) is 0 Å². The molecule has 3 aromatic rings. The molecule has 1 unspecified atom stereocenters. The molecule has 0 heterocycles. The van der Waals surface area contributed by atoms with Crippen molar-refractivity contribution in [3.63, 3.8) is 0 Å². The first-order valence-electron chi connectivity index (χ1n) is 9.29. The molecule has 0 aliphatic carbocycles. The zero-order chi connectivity index (χ0) is 20.1. The lowest BCUT2D eigenvalue weighted by Gasteiger charge is -2.32. The van der Waals surface area contributed by atoms with Crippen molar-refractivity contribution in [2.75, 3.05) is 14.2 Å². The Morgan fingerprint density at radius 3 is 1.82 bits per heavy atom. The number of hydrogen-bond donors (Lipinski definition) is 0. The van der Waals surface area contributed by atoms with E-state index in [-0.39, 0.29) is 5.16 Å². The van der Waals surface area contributed by atoms with Crippen LogP contribution >= 0.6 is 8.15 Å². The fourth-order valence-corrected chi connectivity index (χ4v) is 5.17. The van der Waals surface area contributed by atoms with E-state index in [1.165, 1.54) is 0 Å². The first-order valence-corrected chi connectivity index (χ1v) is 10.6. The van der Waals surface area contributed by atoms with Crippen LogP contribution in [-0.2, 0) is 0 Å². The van der Waals surface area contributed by atoms with Gasteiger partial charge >= 0.3 is 0 Å². The zero-order valence-corrected chi connectivity index (χ0v) is 18.0. The van der Waals surface area contributed by atoms with Gasteiger partial charge in [-0.1, -0.05) is 69.3 Å². The van der Waals surface area contributed by atoms with Crippen LogP contribution in [0.15, 0.2) is 72.8 Å². The topological polar surface area (TPSA) is 27.7 Å². The van der Waals surface area contributed by atoms with Crippen LogP contribution in [-0.4, -0.2) is 19.4 Å². The fourth-order valence-electron chi connectivity index (χ4n) is 3.11. The highest BCUT2D eigenvalue weighted by molar-refractivity contribution is 7.63. The Kier molecular flexibility index (Phi) is 6.26. The van der Waals surface area contributed by atoms with E-state index in [2.05, 4.69) is 39.0 Å². The molecule has 0 aliphatic heterocycles. The molecule has 28 heavy (non-hydrogen) atoms. The average molecular weight is 394 g/mol. The van der Waals surface area contributed by atoms with Gasteiger partial charge in [-0.3, -0.25) is 0 Å². The van der Waals surface area contributed by atoms with Gasteiger partial charge in [0.15, 0.2) is 0 Å². The molecule has 0 fully saturated rings. The quantitative estimate of drug-likeness (QED) is 0.461. The molecule has 3 rings (SSSR count). The summed E-state index contributed by atoms with van der Waals surface area (Å²) in [4.78, 5) is 0. The molecule has 0 saturated carbocycles. The summed E-state index contributed by atoms with van der Waals surface area (Å²) in [6, 6.07) is 24.3. The molecule has 0 saturated heterocycles. The predicted octanol–water partition coefficient (Wildman–Crippen LogP) is 6.27. The lowest BCUT2D eigenvalue weighted by atomic mass is 10.0. The summed E-state index contributed by atoms with van der Waals surface area (Å²) in [5.41, 5.74) is 2.03. The highest BCUT2D eigenvalue weighted by atomic mass is 31.1. The Morgan fingerprint density at radius 2 is 1.25 bits per heavy atom. The lowest BCUT2D eigenvalue weighted by Crippen LogP contribution is -2.24. The molecule has 4 heteroatoms. The summed E-state index contributed by atoms with van der Waals surface area (Å²) in [6.07, 6.45) is 0. The van der Waals surface area contributed by atoms with E-state index >= 15 is 0 Å². The summed E-state index contributed by atoms with van der Waals surface area (Å²) >= 11 is 0. The Hall–Kier alpha value is -2.51. The third-order valence-corrected chi connectivity index (χ3v) is 6.81. The summed E-state index contributed by atoms with van der Waals surface area (Å²) in [7, 11) is 2.41. The maximum atomic E-state index is 6.56. The average Bonchev–Trinajstić information content (AvgIpc) is 2.71. The van der Waals surface area contributed by atoms with Gasteiger partial charge in [0.25, 0.3) is 0 Å². The van der Waals surface area contributed by atoms with Crippen LogP contribution in [0.1, 0.15) is 20.8 Å². The summed E-state index contributed by atoms with van der Waals surface area (Å²) < 4.78 is 17.9. The number of ether oxygens (including phenoxy) is 2. The number of hydrogen-bond acceptors (Lipinski definition) is 3. The summed E-state index contributed by atoms with van der Waals surface area (Å²) in [5.74, 6) is 2.45. The van der Waals surface area contributed by atoms with Crippen molar-refractivity contribution >= 4 is 13.5 Å². The summed E-state index contributed by atoms with van der Waals surface area (Å²) in [5, 5.41) is 1.10. The van der Waals surface area contributed by atoms with Crippen molar-refractivity contribution < 1.29 is 14.0 Å². The molecule has 3 nitrogen and oxygen atoms in total. The van der Waals surface area contributed by atoms with Crippen LogP contribution in [0, 0.1) is 0 Å². The van der Waals surface area contributed by atoms with Crippen molar-refractivity contribution in [2.24, 2.45) is 0 Å². The van der Waals surface area contributed by atoms with Gasteiger partial charge in [0.2, 0.25) is 0 Å². The zero-order valence-electron chi connectivity index (χ0n) is 17.1. The van der Waals surface area contributed by atoms with Gasteiger partial charge in [-0.05, 0) is 24.3 Å². The van der Waals surface area contributed by atoms with Crippen LogP contribution in [0.3, 0.4) is 0 Å². The molecular weight excluding hydrogens is 367 g/mol. The second-order valence-electron chi connectivity index (χ2n) is 7.42. The van der Waals surface area contributed by atoms with E-state index < -0.39 is 8.15 Å². The maximum Gasteiger partial charge on any atom is 0.130 e. The molecule has 0 aromatic heterocycles. The second kappa shape index (κ2) is 8.67. The number of methoxy groups -OCH3 is 2. The largest absolute Gasteiger partial charge is 0.496 e. The van der Waals surface area contributed by atoms with E-state index in [9.17, 15) is 0 Å². The minimum atomic E-state index is -0.963. The van der Waals surface area contributed by atoms with Gasteiger partial charge in [-0.2, -0.15) is 0 Å². The van der Waals surface area contributed by atoms with Crippen molar-refractivity contribution in [2.45, 2.75) is 25.9 Å². The number of para-hydroxylation sites is 1. The second-order valence-corrected chi connectivity index (χ2v) is 10.0. The van der Waals surface area contributed by atoms with Gasteiger partial charge in [0, 0.05) is 16.0 Å². The number of rotatable bonds is 6. The maximum absolute atomic E-state index is 6.56. The van der Waals surface area contributed by atoms with Crippen molar-refractivity contribution in [1.82, 2.24) is 0 Å². The highest BCUT2D eigenvalue weighted by Crippen LogP contribution is 2.52. The third-order valence-electron chi connectivity index (χ3n) is 4.37. The van der Waals surface area contributed by atoms with Gasteiger partial charge in [0.1, 0.15) is 25.4 Å². The minimum Gasteiger partial charge on any atom is -0.496 e. The highest BCUT2D eigenvalue weighted by Gasteiger charge is 2.32. The molecular formula is C24H27O3P. The van der Waals surface area contributed by atoms with Crippen LogP contribution in [0.25, 0.3) is 11.1 Å². The number of benzene rings is 3. The van der Waals surface area contributed by atoms with E-state index in [0.29, 0.717) is 0 Å². The van der Waals surface area contributed by atoms with Gasteiger partial charge in [-0.15, -0.1) is 0 Å². The molecule has 3 aromatic carbocycles. The normalized spacial score (nSPS) is 12.3. The Labute approximate surface area is 169 Å². The third kappa shape index (κ3) is 4.31. The molecule has 146 valence electrons. The van der Waals surface area contributed by atoms with Gasteiger partial charge in [0.05, 0.1) is 19.8 Å². The smallest absolute Gasteiger partial charge is 0.130 e.